The fraction of sp³-hybridized carbons (Fsp3) is 0. The maximum absolute atomic E-state index is 13.0. The van der Waals surface area contributed by atoms with E-state index in [1.54, 1.807) is 6.07 Å². The Morgan fingerprint density at radius 1 is 1.26 bits per heavy atom. The lowest BCUT2D eigenvalue weighted by atomic mass is 10.2. The minimum atomic E-state index is -0.548. The van der Waals surface area contributed by atoms with Crippen LogP contribution in [0.5, 0.6) is 0 Å². The van der Waals surface area contributed by atoms with Crippen LogP contribution in [0.15, 0.2) is 40.9 Å². The molecule has 98 valence electrons. The van der Waals surface area contributed by atoms with E-state index in [0.29, 0.717) is 11.3 Å². The van der Waals surface area contributed by atoms with Gasteiger partial charge in [-0.25, -0.2) is 4.39 Å². The molecule has 0 aliphatic rings. The summed E-state index contributed by atoms with van der Waals surface area (Å²) in [6, 6.07) is 9.39. The molecule has 0 aromatic heterocycles. The summed E-state index contributed by atoms with van der Waals surface area (Å²) in [5.74, 6) is -0.891. The van der Waals surface area contributed by atoms with Crippen molar-refractivity contribution in [2.75, 3.05) is 5.32 Å². The van der Waals surface area contributed by atoms with E-state index in [2.05, 4.69) is 43.8 Å². The number of amides is 1. The van der Waals surface area contributed by atoms with Crippen LogP contribution in [0.4, 0.5) is 10.1 Å². The van der Waals surface area contributed by atoms with Crippen molar-refractivity contribution in [2.45, 2.75) is 0 Å². The van der Waals surface area contributed by atoms with E-state index in [9.17, 15) is 9.18 Å². The number of hydrogen-bond donors (Lipinski definition) is 1. The molecule has 0 saturated carbocycles. The first-order valence-electron chi connectivity index (χ1n) is 5.19. The van der Waals surface area contributed by atoms with Crippen LogP contribution >= 0.6 is 50.1 Å². The highest BCUT2D eigenvalue weighted by Crippen LogP contribution is 2.25. The van der Waals surface area contributed by atoms with Crippen molar-refractivity contribution >= 4 is 61.7 Å². The zero-order chi connectivity index (χ0) is 14.0. The Labute approximate surface area is 136 Å². The Bertz CT molecular complexity index is 651. The Morgan fingerprint density at radius 3 is 2.63 bits per heavy atom. The van der Waals surface area contributed by atoms with Crippen LogP contribution in [-0.2, 0) is 0 Å². The first-order chi connectivity index (χ1) is 8.97. The summed E-state index contributed by atoms with van der Waals surface area (Å²) < 4.78 is 14.9. The van der Waals surface area contributed by atoms with E-state index in [0.717, 1.165) is 8.04 Å². The molecular formula is C13H7BrClFINO. The fourth-order valence-electron chi connectivity index (χ4n) is 1.42. The smallest absolute Gasteiger partial charge is 0.255 e. The molecule has 0 saturated heterocycles. The average Bonchev–Trinajstić information content (AvgIpc) is 2.36. The topological polar surface area (TPSA) is 29.1 Å². The second-order valence-corrected chi connectivity index (χ2v) is 6.21. The predicted octanol–water partition coefficient (Wildman–Crippen LogP) is 5.10. The number of anilines is 1. The lowest BCUT2D eigenvalue weighted by Crippen LogP contribution is -2.12. The lowest BCUT2D eigenvalue weighted by molar-refractivity contribution is 0.102. The van der Waals surface area contributed by atoms with E-state index in [1.807, 2.05) is 12.1 Å². The summed E-state index contributed by atoms with van der Waals surface area (Å²) in [5.41, 5.74) is 0.947. The Hall–Kier alpha value is -0.660. The molecule has 2 nitrogen and oxygen atoms in total. The van der Waals surface area contributed by atoms with Crippen LogP contribution in [0.2, 0.25) is 5.02 Å². The molecule has 0 bridgehead atoms. The number of benzene rings is 2. The van der Waals surface area contributed by atoms with Gasteiger partial charge in [-0.2, -0.15) is 0 Å². The maximum Gasteiger partial charge on any atom is 0.255 e. The molecule has 2 aromatic carbocycles. The molecule has 0 heterocycles. The van der Waals surface area contributed by atoms with Gasteiger partial charge in [-0.05, 0) is 74.9 Å². The normalized spacial score (nSPS) is 10.3. The van der Waals surface area contributed by atoms with Crippen LogP contribution in [0, 0.1) is 9.39 Å². The van der Waals surface area contributed by atoms with Crippen LogP contribution in [0.25, 0.3) is 0 Å². The third kappa shape index (κ3) is 3.67. The molecule has 0 spiro atoms. The molecule has 0 atom stereocenters. The third-order valence-electron chi connectivity index (χ3n) is 2.36. The van der Waals surface area contributed by atoms with E-state index in [4.69, 9.17) is 11.6 Å². The number of halogens is 4. The SMILES string of the molecule is O=C(Nc1ccc(I)cc1Br)c1ccc(F)c(Cl)c1. The molecule has 0 fully saturated rings. The fourth-order valence-corrected chi connectivity index (χ4v) is 3.00. The van der Waals surface area contributed by atoms with Gasteiger partial charge in [-0.3, -0.25) is 4.79 Å². The zero-order valence-electron chi connectivity index (χ0n) is 9.38. The molecular weight excluding hydrogens is 447 g/mol. The van der Waals surface area contributed by atoms with E-state index >= 15 is 0 Å². The average molecular weight is 454 g/mol. The van der Waals surface area contributed by atoms with Crippen LogP contribution < -0.4 is 5.32 Å². The lowest BCUT2D eigenvalue weighted by Gasteiger charge is -2.08. The third-order valence-corrected chi connectivity index (χ3v) is 3.98. The molecule has 1 amide bonds. The molecule has 19 heavy (non-hydrogen) atoms. The molecule has 1 N–H and O–H groups in total. The number of rotatable bonds is 2. The number of carbonyl (C=O) groups is 1. The summed E-state index contributed by atoms with van der Waals surface area (Å²) in [6.45, 7) is 0. The van der Waals surface area contributed by atoms with Crippen LogP contribution in [-0.4, -0.2) is 5.91 Å². The van der Waals surface area contributed by atoms with Crippen molar-refractivity contribution in [1.82, 2.24) is 0 Å². The molecule has 2 rings (SSSR count). The highest BCUT2D eigenvalue weighted by molar-refractivity contribution is 14.1. The van der Waals surface area contributed by atoms with Gasteiger partial charge in [-0.15, -0.1) is 0 Å². The van der Waals surface area contributed by atoms with Crippen molar-refractivity contribution in [3.63, 3.8) is 0 Å². The molecule has 0 aliphatic carbocycles. The van der Waals surface area contributed by atoms with Crippen molar-refractivity contribution in [3.8, 4) is 0 Å². The highest BCUT2D eigenvalue weighted by Gasteiger charge is 2.10. The van der Waals surface area contributed by atoms with Gasteiger partial charge in [0.05, 0.1) is 10.7 Å². The second-order valence-electron chi connectivity index (χ2n) is 3.71. The van der Waals surface area contributed by atoms with Gasteiger partial charge in [0.15, 0.2) is 0 Å². The van der Waals surface area contributed by atoms with Gasteiger partial charge in [0.2, 0.25) is 0 Å². The minimum Gasteiger partial charge on any atom is -0.321 e. The number of nitrogens with one attached hydrogen (secondary N) is 1. The van der Waals surface area contributed by atoms with Gasteiger partial charge in [0.1, 0.15) is 5.82 Å². The van der Waals surface area contributed by atoms with Crippen molar-refractivity contribution < 1.29 is 9.18 Å². The maximum atomic E-state index is 13.0. The van der Waals surface area contributed by atoms with Crippen LogP contribution in [0.1, 0.15) is 10.4 Å². The molecule has 0 radical (unpaired) electrons. The minimum absolute atomic E-state index is 0.0747. The van der Waals surface area contributed by atoms with Gasteiger partial charge in [-0.1, -0.05) is 11.6 Å². The van der Waals surface area contributed by atoms with E-state index in [1.165, 1.54) is 18.2 Å². The summed E-state index contributed by atoms with van der Waals surface area (Å²) in [4.78, 5) is 12.0. The quantitative estimate of drug-likeness (QED) is 0.629. The summed E-state index contributed by atoms with van der Waals surface area (Å²) in [5, 5.41) is 2.66. The monoisotopic (exact) mass is 453 g/mol. The first kappa shape index (κ1) is 14.7. The first-order valence-corrected chi connectivity index (χ1v) is 7.44. The van der Waals surface area contributed by atoms with Gasteiger partial charge < -0.3 is 5.32 Å². The molecule has 0 aliphatic heterocycles. The Morgan fingerprint density at radius 2 is 2.00 bits per heavy atom. The zero-order valence-corrected chi connectivity index (χ0v) is 13.9. The summed E-state index contributed by atoms with van der Waals surface area (Å²) in [7, 11) is 0. The summed E-state index contributed by atoms with van der Waals surface area (Å²) in [6.07, 6.45) is 0. The van der Waals surface area contributed by atoms with E-state index < -0.39 is 5.82 Å². The summed E-state index contributed by atoms with van der Waals surface area (Å²) >= 11 is 11.2. The predicted molar refractivity (Wildman–Crippen MR) is 86.2 cm³/mol. The van der Waals surface area contributed by atoms with Gasteiger partial charge >= 0.3 is 0 Å². The number of carbonyl (C=O) groups excluding carboxylic acids is 1. The second kappa shape index (κ2) is 6.19. The van der Waals surface area contributed by atoms with Crippen molar-refractivity contribution in [3.05, 3.63) is 60.8 Å². The largest absolute Gasteiger partial charge is 0.321 e. The van der Waals surface area contributed by atoms with Gasteiger partial charge in [0, 0.05) is 13.6 Å². The highest BCUT2D eigenvalue weighted by atomic mass is 127. The Balaban J connectivity index is 2.23. The Kier molecular flexibility index (Phi) is 4.81. The molecule has 6 heteroatoms. The number of hydrogen-bond acceptors (Lipinski definition) is 1. The standard InChI is InChI=1S/C13H7BrClFINO/c14-9-6-8(17)2-4-12(9)18-13(19)7-1-3-11(16)10(15)5-7/h1-6H,(H,18,19). The van der Waals surface area contributed by atoms with Gasteiger partial charge in [0.25, 0.3) is 5.91 Å². The molecule has 2 aromatic rings. The molecule has 0 unspecified atom stereocenters. The van der Waals surface area contributed by atoms with Crippen LogP contribution in [0.3, 0.4) is 0 Å². The van der Waals surface area contributed by atoms with Crippen molar-refractivity contribution in [1.29, 1.82) is 0 Å². The van der Waals surface area contributed by atoms with E-state index in [-0.39, 0.29) is 10.9 Å². The van der Waals surface area contributed by atoms with Crippen molar-refractivity contribution in [2.24, 2.45) is 0 Å².